The molecule has 0 aromatic heterocycles. The molecule has 1 heterocycles. The lowest BCUT2D eigenvalue weighted by molar-refractivity contribution is 0.0572. The van der Waals surface area contributed by atoms with Crippen molar-refractivity contribution in [1.82, 2.24) is 4.90 Å². The second kappa shape index (κ2) is 5.96. The van der Waals surface area contributed by atoms with Gasteiger partial charge in [-0.25, -0.2) is 4.39 Å². The monoisotopic (exact) mass is 268 g/mol. The lowest BCUT2D eigenvalue weighted by atomic mass is 9.96. The van der Waals surface area contributed by atoms with Gasteiger partial charge in [-0.15, -0.1) is 0 Å². The van der Waals surface area contributed by atoms with Gasteiger partial charge in [0.25, 0.3) is 0 Å². The molecule has 1 aromatic rings. The maximum atomic E-state index is 13.0. The molecule has 4 unspecified atom stereocenters. The van der Waals surface area contributed by atoms with E-state index in [1.807, 2.05) is 11.8 Å². The SMILES string of the molecule is CCC(N)C(c1ccc(F)cc1)N1CC(O)C(O)C1. The largest absolute Gasteiger partial charge is 0.389 e. The molecule has 1 aromatic carbocycles. The Hall–Kier alpha value is -1.01. The van der Waals surface area contributed by atoms with Crippen LogP contribution in [0, 0.1) is 5.82 Å². The van der Waals surface area contributed by atoms with Gasteiger partial charge in [0.15, 0.2) is 0 Å². The summed E-state index contributed by atoms with van der Waals surface area (Å²) in [4.78, 5) is 1.97. The first-order valence-electron chi connectivity index (χ1n) is 6.64. The Morgan fingerprint density at radius 2 is 1.79 bits per heavy atom. The summed E-state index contributed by atoms with van der Waals surface area (Å²) in [5, 5.41) is 19.3. The number of β-amino-alcohol motifs (C(OH)–C–C–N with tert-alkyl or cyclic N) is 2. The zero-order valence-corrected chi connectivity index (χ0v) is 11.0. The van der Waals surface area contributed by atoms with Crippen LogP contribution in [0.5, 0.6) is 0 Å². The van der Waals surface area contributed by atoms with Crippen molar-refractivity contribution >= 4 is 0 Å². The molecule has 0 bridgehead atoms. The number of hydrogen-bond acceptors (Lipinski definition) is 4. The highest BCUT2D eigenvalue weighted by Gasteiger charge is 2.36. The van der Waals surface area contributed by atoms with E-state index in [2.05, 4.69) is 0 Å². The molecule has 106 valence electrons. The van der Waals surface area contributed by atoms with Crippen molar-refractivity contribution in [2.24, 2.45) is 5.73 Å². The molecular weight excluding hydrogens is 247 g/mol. The average Bonchev–Trinajstić information content (AvgIpc) is 2.71. The normalized spacial score (nSPS) is 27.4. The first kappa shape index (κ1) is 14.4. The number of benzene rings is 1. The highest BCUT2D eigenvalue weighted by molar-refractivity contribution is 5.22. The number of hydrogen-bond donors (Lipinski definition) is 3. The van der Waals surface area contributed by atoms with Crippen molar-refractivity contribution in [3.05, 3.63) is 35.6 Å². The van der Waals surface area contributed by atoms with Crippen LogP contribution in [0.4, 0.5) is 4.39 Å². The fraction of sp³-hybridized carbons (Fsp3) is 0.571. The van der Waals surface area contributed by atoms with Crippen LogP contribution in [0.2, 0.25) is 0 Å². The number of nitrogens with two attached hydrogens (primary N) is 1. The standard InChI is InChI=1S/C14H21FN2O2/c1-2-11(16)14(9-3-5-10(15)6-4-9)17-7-12(18)13(19)8-17/h3-6,11-14,18-19H,2,7-8,16H2,1H3. The third-order valence-electron chi connectivity index (χ3n) is 3.77. The Kier molecular flexibility index (Phi) is 4.52. The van der Waals surface area contributed by atoms with Crippen LogP contribution in [0.1, 0.15) is 24.9 Å². The fourth-order valence-corrected chi connectivity index (χ4v) is 2.64. The van der Waals surface area contributed by atoms with Gasteiger partial charge in [0, 0.05) is 19.1 Å². The molecule has 0 radical (unpaired) electrons. The maximum Gasteiger partial charge on any atom is 0.123 e. The molecule has 4 N–H and O–H groups in total. The summed E-state index contributed by atoms with van der Waals surface area (Å²) in [6, 6.07) is 6.01. The minimum atomic E-state index is -0.744. The van der Waals surface area contributed by atoms with E-state index in [-0.39, 0.29) is 17.9 Å². The van der Waals surface area contributed by atoms with Crippen LogP contribution in [-0.2, 0) is 0 Å². The lowest BCUT2D eigenvalue weighted by Crippen LogP contribution is -2.40. The molecule has 1 aliphatic heterocycles. The second-order valence-corrected chi connectivity index (χ2v) is 5.16. The quantitative estimate of drug-likeness (QED) is 0.749. The van der Waals surface area contributed by atoms with Gasteiger partial charge < -0.3 is 15.9 Å². The summed E-state index contributed by atoms with van der Waals surface area (Å²) >= 11 is 0. The van der Waals surface area contributed by atoms with Crippen LogP contribution in [-0.4, -0.2) is 46.5 Å². The van der Waals surface area contributed by atoms with Crippen molar-refractivity contribution in [1.29, 1.82) is 0 Å². The summed E-state index contributed by atoms with van der Waals surface area (Å²) in [6.45, 7) is 2.76. The predicted molar refractivity (Wildman–Crippen MR) is 71.0 cm³/mol. The topological polar surface area (TPSA) is 69.7 Å². The molecule has 0 aliphatic carbocycles. The maximum absolute atomic E-state index is 13.0. The molecule has 1 fully saturated rings. The van der Waals surface area contributed by atoms with E-state index in [4.69, 9.17) is 5.73 Å². The van der Waals surface area contributed by atoms with Crippen LogP contribution in [0.25, 0.3) is 0 Å². The average molecular weight is 268 g/mol. The van der Waals surface area contributed by atoms with E-state index in [1.165, 1.54) is 12.1 Å². The van der Waals surface area contributed by atoms with Crippen molar-refractivity contribution in [3.8, 4) is 0 Å². The smallest absolute Gasteiger partial charge is 0.123 e. The van der Waals surface area contributed by atoms with Crippen molar-refractivity contribution < 1.29 is 14.6 Å². The molecule has 2 rings (SSSR count). The van der Waals surface area contributed by atoms with Gasteiger partial charge in [-0.2, -0.15) is 0 Å². The van der Waals surface area contributed by atoms with Gasteiger partial charge in [0.1, 0.15) is 5.82 Å². The Morgan fingerprint density at radius 3 is 2.26 bits per heavy atom. The van der Waals surface area contributed by atoms with Crippen molar-refractivity contribution in [2.75, 3.05) is 13.1 Å². The van der Waals surface area contributed by atoms with E-state index in [0.29, 0.717) is 13.1 Å². The number of halogens is 1. The zero-order chi connectivity index (χ0) is 14.0. The predicted octanol–water partition coefficient (Wildman–Crippen LogP) is 0.642. The minimum absolute atomic E-state index is 0.114. The number of nitrogens with zero attached hydrogens (tertiary/aromatic N) is 1. The third kappa shape index (κ3) is 3.12. The number of aliphatic hydroxyl groups excluding tert-OH is 2. The number of likely N-dealkylation sites (tertiary alicyclic amines) is 1. The number of rotatable bonds is 4. The van der Waals surface area contributed by atoms with Crippen LogP contribution in [0.3, 0.4) is 0 Å². The second-order valence-electron chi connectivity index (χ2n) is 5.16. The summed E-state index contributed by atoms with van der Waals surface area (Å²) < 4.78 is 13.0. The van der Waals surface area contributed by atoms with E-state index < -0.39 is 12.2 Å². The minimum Gasteiger partial charge on any atom is -0.389 e. The Bertz CT molecular complexity index is 402. The molecule has 0 spiro atoms. The Balaban J connectivity index is 2.24. The van der Waals surface area contributed by atoms with E-state index in [9.17, 15) is 14.6 Å². The zero-order valence-electron chi connectivity index (χ0n) is 11.0. The summed E-state index contributed by atoms with van der Waals surface area (Å²) in [6.07, 6.45) is -0.718. The summed E-state index contributed by atoms with van der Waals surface area (Å²) in [5.74, 6) is -0.283. The highest BCUT2D eigenvalue weighted by Crippen LogP contribution is 2.29. The molecule has 0 amide bonds. The van der Waals surface area contributed by atoms with Gasteiger partial charge in [0.05, 0.1) is 18.2 Å². The molecule has 4 nitrogen and oxygen atoms in total. The van der Waals surface area contributed by atoms with Gasteiger partial charge in [-0.05, 0) is 24.1 Å². The third-order valence-corrected chi connectivity index (χ3v) is 3.77. The Labute approximate surface area is 112 Å². The molecule has 1 aliphatic rings. The molecule has 5 heteroatoms. The molecule has 0 saturated carbocycles. The van der Waals surface area contributed by atoms with Crippen molar-refractivity contribution in [3.63, 3.8) is 0 Å². The van der Waals surface area contributed by atoms with E-state index >= 15 is 0 Å². The van der Waals surface area contributed by atoms with E-state index in [0.717, 1.165) is 12.0 Å². The van der Waals surface area contributed by atoms with Crippen LogP contribution >= 0.6 is 0 Å². The van der Waals surface area contributed by atoms with Gasteiger partial charge in [-0.3, -0.25) is 4.90 Å². The highest BCUT2D eigenvalue weighted by atomic mass is 19.1. The fourth-order valence-electron chi connectivity index (χ4n) is 2.64. The van der Waals surface area contributed by atoms with Crippen molar-refractivity contribution in [2.45, 2.75) is 37.6 Å². The van der Waals surface area contributed by atoms with E-state index in [1.54, 1.807) is 12.1 Å². The lowest BCUT2D eigenvalue weighted by Gasteiger charge is -2.32. The first-order chi connectivity index (χ1) is 9.02. The molecule has 19 heavy (non-hydrogen) atoms. The van der Waals surface area contributed by atoms with Crippen LogP contribution in [0.15, 0.2) is 24.3 Å². The first-order valence-corrected chi connectivity index (χ1v) is 6.64. The van der Waals surface area contributed by atoms with Gasteiger partial charge in [0.2, 0.25) is 0 Å². The summed E-state index contributed by atoms with van der Waals surface area (Å²) in [5.41, 5.74) is 7.07. The van der Waals surface area contributed by atoms with Gasteiger partial charge in [-0.1, -0.05) is 19.1 Å². The number of aliphatic hydroxyl groups is 2. The molecule has 1 saturated heterocycles. The Morgan fingerprint density at radius 1 is 1.26 bits per heavy atom. The van der Waals surface area contributed by atoms with Crippen LogP contribution < -0.4 is 5.73 Å². The molecule has 4 atom stereocenters. The summed E-state index contributed by atoms with van der Waals surface area (Å²) in [7, 11) is 0. The molecular formula is C14H21FN2O2. The van der Waals surface area contributed by atoms with Gasteiger partial charge >= 0.3 is 0 Å².